The van der Waals surface area contributed by atoms with E-state index in [1.54, 1.807) is 0 Å². The van der Waals surface area contributed by atoms with Gasteiger partial charge in [0.15, 0.2) is 0 Å². The first kappa shape index (κ1) is 11.0. The van der Waals surface area contributed by atoms with Crippen molar-refractivity contribution < 1.29 is 0 Å². The van der Waals surface area contributed by atoms with E-state index in [-0.39, 0.29) is 0 Å². The van der Waals surface area contributed by atoms with E-state index in [0.29, 0.717) is 5.41 Å². The van der Waals surface area contributed by atoms with Crippen LogP contribution in [0, 0.1) is 11.3 Å². The second-order valence-electron chi connectivity index (χ2n) is 5.15. The maximum absolute atomic E-state index is 3.67. The minimum Gasteiger partial charge on any atom is -0.313 e. The Morgan fingerprint density at radius 3 is 2.54 bits per heavy atom. The highest BCUT2D eigenvalue weighted by Gasteiger charge is 2.31. The summed E-state index contributed by atoms with van der Waals surface area (Å²) in [5.74, 6) is 0.970. The van der Waals surface area contributed by atoms with Gasteiger partial charge in [-0.1, -0.05) is 34.1 Å². The Morgan fingerprint density at radius 2 is 2.00 bits per heavy atom. The standard InChI is InChI=1S/C12H25N/c1-5-10-7-8-13-11(9-10)12(3,4)6-2/h10-11,13H,5-9H2,1-4H3. The predicted molar refractivity (Wildman–Crippen MR) is 58.9 cm³/mol. The molecule has 0 amide bonds. The van der Waals surface area contributed by atoms with Crippen LogP contribution in [0.3, 0.4) is 0 Å². The lowest BCUT2D eigenvalue weighted by molar-refractivity contribution is 0.161. The smallest absolute Gasteiger partial charge is 0.0121 e. The first-order valence-corrected chi connectivity index (χ1v) is 5.83. The maximum atomic E-state index is 3.67. The number of hydrogen-bond donors (Lipinski definition) is 1. The first-order valence-electron chi connectivity index (χ1n) is 5.83. The Hall–Kier alpha value is -0.0400. The largest absolute Gasteiger partial charge is 0.313 e. The summed E-state index contributed by atoms with van der Waals surface area (Å²) >= 11 is 0. The highest BCUT2D eigenvalue weighted by molar-refractivity contribution is 4.88. The number of hydrogen-bond acceptors (Lipinski definition) is 1. The van der Waals surface area contributed by atoms with Crippen LogP contribution in [0.4, 0.5) is 0 Å². The van der Waals surface area contributed by atoms with Gasteiger partial charge in [0.2, 0.25) is 0 Å². The summed E-state index contributed by atoms with van der Waals surface area (Å²) in [5, 5.41) is 3.67. The van der Waals surface area contributed by atoms with Crippen molar-refractivity contribution in [2.24, 2.45) is 11.3 Å². The molecule has 13 heavy (non-hydrogen) atoms. The van der Waals surface area contributed by atoms with Crippen LogP contribution in [-0.4, -0.2) is 12.6 Å². The van der Waals surface area contributed by atoms with E-state index in [0.717, 1.165) is 12.0 Å². The van der Waals surface area contributed by atoms with Gasteiger partial charge in [-0.15, -0.1) is 0 Å². The van der Waals surface area contributed by atoms with E-state index >= 15 is 0 Å². The third-order valence-corrected chi connectivity index (χ3v) is 3.94. The zero-order chi connectivity index (χ0) is 9.90. The average molecular weight is 183 g/mol. The molecule has 1 fully saturated rings. The molecule has 1 nitrogen and oxygen atoms in total. The molecule has 1 aliphatic rings. The van der Waals surface area contributed by atoms with Crippen molar-refractivity contribution in [2.75, 3.05) is 6.54 Å². The molecule has 1 saturated heterocycles. The molecule has 1 N–H and O–H groups in total. The Kier molecular flexibility index (Phi) is 3.78. The van der Waals surface area contributed by atoms with E-state index in [1.165, 1.54) is 32.2 Å². The highest BCUT2D eigenvalue weighted by atomic mass is 14.9. The van der Waals surface area contributed by atoms with Gasteiger partial charge in [0.05, 0.1) is 0 Å². The van der Waals surface area contributed by atoms with Crippen LogP contribution in [0.25, 0.3) is 0 Å². The van der Waals surface area contributed by atoms with Crippen LogP contribution in [0.1, 0.15) is 53.4 Å². The highest BCUT2D eigenvalue weighted by Crippen LogP contribution is 2.32. The van der Waals surface area contributed by atoms with Crippen molar-refractivity contribution in [3.8, 4) is 0 Å². The van der Waals surface area contributed by atoms with Gasteiger partial charge in [0.1, 0.15) is 0 Å². The van der Waals surface area contributed by atoms with E-state index in [1.807, 2.05) is 0 Å². The number of nitrogens with one attached hydrogen (secondary N) is 1. The maximum Gasteiger partial charge on any atom is 0.0121 e. The normalized spacial score (nSPS) is 30.5. The Labute approximate surface area is 83.3 Å². The summed E-state index contributed by atoms with van der Waals surface area (Å²) in [6.07, 6.45) is 5.41. The molecule has 2 unspecified atom stereocenters. The zero-order valence-corrected chi connectivity index (χ0v) is 9.69. The molecule has 0 aromatic carbocycles. The van der Waals surface area contributed by atoms with Crippen LogP contribution in [0.15, 0.2) is 0 Å². The third-order valence-electron chi connectivity index (χ3n) is 3.94. The quantitative estimate of drug-likeness (QED) is 0.708. The van der Waals surface area contributed by atoms with Crippen molar-refractivity contribution in [1.29, 1.82) is 0 Å². The average Bonchev–Trinajstić information content (AvgIpc) is 2.18. The molecule has 1 aliphatic heterocycles. The van der Waals surface area contributed by atoms with Crippen LogP contribution in [0.2, 0.25) is 0 Å². The summed E-state index contributed by atoms with van der Waals surface area (Å²) < 4.78 is 0. The lowest BCUT2D eigenvalue weighted by atomic mass is 9.75. The SMILES string of the molecule is CCC1CCNC(C(C)(C)CC)C1. The van der Waals surface area contributed by atoms with E-state index in [9.17, 15) is 0 Å². The van der Waals surface area contributed by atoms with Crippen LogP contribution in [0.5, 0.6) is 0 Å². The third kappa shape index (κ3) is 2.70. The van der Waals surface area contributed by atoms with Gasteiger partial charge in [0, 0.05) is 6.04 Å². The van der Waals surface area contributed by atoms with Gasteiger partial charge in [-0.25, -0.2) is 0 Å². The summed E-state index contributed by atoms with van der Waals surface area (Å²) in [6.45, 7) is 10.6. The molecule has 1 rings (SSSR count). The van der Waals surface area contributed by atoms with Gasteiger partial charge >= 0.3 is 0 Å². The zero-order valence-electron chi connectivity index (χ0n) is 9.69. The van der Waals surface area contributed by atoms with Gasteiger partial charge in [-0.3, -0.25) is 0 Å². The summed E-state index contributed by atoms with van der Waals surface area (Å²) in [6, 6.07) is 0.746. The van der Waals surface area contributed by atoms with Crippen LogP contribution >= 0.6 is 0 Å². The molecular weight excluding hydrogens is 158 g/mol. The molecular formula is C12H25N. The molecule has 0 aliphatic carbocycles. The summed E-state index contributed by atoms with van der Waals surface area (Å²) in [4.78, 5) is 0. The minimum atomic E-state index is 0.480. The van der Waals surface area contributed by atoms with E-state index in [2.05, 4.69) is 33.0 Å². The molecule has 0 aromatic heterocycles. The number of rotatable bonds is 3. The van der Waals surface area contributed by atoms with Crippen molar-refractivity contribution in [2.45, 2.75) is 59.4 Å². The van der Waals surface area contributed by atoms with Gasteiger partial charge in [-0.2, -0.15) is 0 Å². The summed E-state index contributed by atoms with van der Waals surface area (Å²) in [5.41, 5.74) is 0.480. The fourth-order valence-electron chi connectivity index (χ4n) is 2.21. The monoisotopic (exact) mass is 183 g/mol. The van der Waals surface area contributed by atoms with Crippen molar-refractivity contribution in [1.82, 2.24) is 5.32 Å². The van der Waals surface area contributed by atoms with Crippen LogP contribution < -0.4 is 5.32 Å². The van der Waals surface area contributed by atoms with E-state index < -0.39 is 0 Å². The topological polar surface area (TPSA) is 12.0 Å². The Bertz CT molecular complexity index is 151. The molecule has 0 bridgehead atoms. The molecule has 0 spiro atoms. The fourth-order valence-corrected chi connectivity index (χ4v) is 2.21. The lowest BCUT2D eigenvalue weighted by Crippen LogP contribution is -2.47. The first-order chi connectivity index (χ1) is 6.10. The molecule has 0 aromatic rings. The molecule has 2 atom stereocenters. The summed E-state index contributed by atoms with van der Waals surface area (Å²) in [7, 11) is 0. The second-order valence-corrected chi connectivity index (χ2v) is 5.15. The van der Waals surface area contributed by atoms with Crippen LogP contribution in [-0.2, 0) is 0 Å². The van der Waals surface area contributed by atoms with Gasteiger partial charge in [0.25, 0.3) is 0 Å². The minimum absolute atomic E-state index is 0.480. The van der Waals surface area contributed by atoms with Crippen molar-refractivity contribution in [3.05, 3.63) is 0 Å². The molecule has 1 heteroatoms. The molecule has 0 saturated carbocycles. The number of piperidine rings is 1. The Balaban J connectivity index is 2.50. The fraction of sp³-hybridized carbons (Fsp3) is 1.00. The Morgan fingerprint density at radius 1 is 1.31 bits per heavy atom. The molecule has 1 heterocycles. The van der Waals surface area contributed by atoms with Crippen molar-refractivity contribution in [3.63, 3.8) is 0 Å². The molecule has 0 radical (unpaired) electrons. The second kappa shape index (κ2) is 4.45. The molecule has 78 valence electrons. The van der Waals surface area contributed by atoms with E-state index in [4.69, 9.17) is 0 Å². The van der Waals surface area contributed by atoms with Gasteiger partial charge < -0.3 is 5.32 Å². The van der Waals surface area contributed by atoms with Gasteiger partial charge in [-0.05, 0) is 37.1 Å². The predicted octanol–water partition coefficient (Wildman–Crippen LogP) is 3.20. The lowest BCUT2D eigenvalue weighted by Gasteiger charge is -2.40. The van der Waals surface area contributed by atoms with Crippen molar-refractivity contribution >= 4 is 0 Å².